The Morgan fingerprint density at radius 2 is 1.26 bits per heavy atom. The molecule has 0 aromatic heterocycles. The van der Waals surface area contributed by atoms with Crippen LogP contribution in [0.5, 0.6) is 0 Å². The van der Waals surface area contributed by atoms with Crippen LogP contribution in [0.4, 0.5) is 4.79 Å². The summed E-state index contributed by atoms with van der Waals surface area (Å²) in [5.74, 6) is 0.209. The van der Waals surface area contributed by atoms with Crippen LogP contribution in [0.3, 0.4) is 0 Å². The molecular formula is C31H36BrN2O3P. The van der Waals surface area contributed by atoms with Gasteiger partial charge >= 0.3 is 6.09 Å². The van der Waals surface area contributed by atoms with E-state index in [1.807, 2.05) is 39.0 Å². The van der Waals surface area contributed by atoms with Crippen molar-refractivity contribution in [3.63, 3.8) is 0 Å². The van der Waals surface area contributed by atoms with E-state index < -0.39 is 12.9 Å². The molecule has 38 heavy (non-hydrogen) atoms. The lowest BCUT2D eigenvalue weighted by Gasteiger charge is -2.32. The van der Waals surface area contributed by atoms with Crippen LogP contribution >= 0.6 is 7.26 Å². The molecule has 7 heteroatoms. The highest BCUT2D eigenvalue weighted by Gasteiger charge is 2.59. The number of carbonyl (C=O) groups is 2. The number of likely N-dealkylation sites (tertiary alicyclic amines) is 2. The van der Waals surface area contributed by atoms with Gasteiger partial charge in [-0.25, -0.2) is 4.79 Å². The van der Waals surface area contributed by atoms with Crippen LogP contribution in [0.15, 0.2) is 91.0 Å². The normalized spacial score (nSPS) is 19.8. The fraction of sp³-hybridized carbons (Fsp3) is 0.355. The molecule has 2 aliphatic rings. The Bertz CT molecular complexity index is 1140. The largest absolute Gasteiger partial charge is 1.00 e. The third-order valence-electron chi connectivity index (χ3n) is 7.43. The summed E-state index contributed by atoms with van der Waals surface area (Å²) in [6.07, 6.45) is 1.29. The maximum Gasteiger partial charge on any atom is 0.410 e. The summed E-state index contributed by atoms with van der Waals surface area (Å²) < 4.78 is 5.60. The molecule has 0 bridgehead atoms. The van der Waals surface area contributed by atoms with Crippen molar-refractivity contribution < 1.29 is 31.3 Å². The van der Waals surface area contributed by atoms with E-state index in [0.717, 1.165) is 12.8 Å². The van der Waals surface area contributed by atoms with E-state index in [0.29, 0.717) is 19.6 Å². The molecule has 2 amide bonds. The molecular weight excluding hydrogens is 559 g/mol. The predicted molar refractivity (Wildman–Crippen MR) is 151 cm³/mol. The summed E-state index contributed by atoms with van der Waals surface area (Å²) in [5, 5.41) is 3.69. The molecule has 0 N–H and O–H groups in total. The number of nitrogens with zero attached hydrogens (tertiary/aromatic N) is 2. The molecule has 2 atom stereocenters. The van der Waals surface area contributed by atoms with Crippen LogP contribution in [-0.2, 0) is 9.53 Å². The van der Waals surface area contributed by atoms with Gasteiger partial charge in [0.15, 0.2) is 5.66 Å². The van der Waals surface area contributed by atoms with E-state index in [4.69, 9.17) is 4.74 Å². The minimum atomic E-state index is -2.29. The first-order valence-corrected chi connectivity index (χ1v) is 15.0. The summed E-state index contributed by atoms with van der Waals surface area (Å²) in [5.41, 5.74) is -0.676. The zero-order valence-electron chi connectivity index (χ0n) is 22.3. The third kappa shape index (κ3) is 5.39. The van der Waals surface area contributed by atoms with Gasteiger partial charge in [0.25, 0.3) is 5.91 Å². The summed E-state index contributed by atoms with van der Waals surface area (Å²) in [7, 11) is -2.29. The second kappa shape index (κ2) is 11.6. The number of carbonyl (C=O) groups excluding carboxylic acids is 2. The van der Waals surface area contributed by atoms with E-state index in [1.54, 1.807) is 4.90 Å². The van der Waals surface area contributed by atoms with Gasteiger partial charge in [-0.05, 0) is 63.6 Å². The Hall–Kier alpha value is -2.69. The van der Waals surface area contributed by atoms with Gasteiger partial charge in [0.2, 0.25) is 0 Å². The summed E-state index contributed by atoms with van der Waals surface area (Å²) in [6.45, 7) is 7.50. The van der Waals surface area contributed by atoms with E-state index in [1.165, 1.54) is 15.9 Å². The van der Waals surface area contributed by atoms with Crippen molar-refractivity contribution in [1.29, 1.82) is 0 Å². The van der Waals surface area contributed by atoms with Crippen molar-refractivity contribution in [3.05, 3.63) is 91.0 Å². The second-order valence-corrected chi connectivity index (χ2v) is 14.6. The number of rotatable bonds is 5. The van der Waals surface area contributed by atoms with Crippen LogP contribution in [0.25, 0.3) is 0 Å². The Labute approximate surface area is 237 Å². The molecule has 5 nitrogen and oxygen atoms in total. The lowest BCUT2D eigenvalue weighted by molar-refractivity contribution is -0.129. The Kier molecular flexibility index (Phi) is 8.64. The minimum absolute atomic E-state index is 0. The molecule has 0 radical (unpaired) electrons. The van der Waals surface area contributed by atoms with Gasteiger partial charge in [0, 0.05) is 26.1 Å². The van der Waals surface area contributed by atoms with E-state index in [2.05, 4.69) is 77.7 Å². The predicted octanol–water partition coefficient (Wildman–Crippen LogP) is 1.59. The van der Waals surface area contributed by atoms with Crippen molar-refractivity contribution in [2.45, 2.75) is 50.9 Å². The summed E-state index contributed by atoms with van der Waals surface area (Å²) >= 11 is 0. The van der Waals surface area contributed by atoms with E-state index >= 15 is 0 Å². The molecule has 200 valence electrons. The fourth-order valence-corrected chi connectivity index (χ4v) is 10.8. The molecule has 3 aromatic rings. The van der Waals surface area contributed by atoms with Crippen LogP contribution in [0, 0.1) is 0 Å². The zero-order valence-corrected chi connectivity index (χ0v) is 24.8. The number of hydrogen-bond donors (Lipinski definition) is 0. The Morgan fingerprint density at radius 1 is 0.789 bits per heavy atom. The third-order valence-corrected chi connectivity index (χ3v) is 12.2. The second-order valence-electron chi connectivity index (χ2n) is 10.9. The maximum absolute atomic E-state index is 14.4. The number of amides is 2. The minimum Gasteiger partial charge on any atom is -1.00 e. The Balaban J connectivity index is 0.00000336. The van der Waals surface area contributed by atoms with Gasteiger partial charge in [-0.2, -0.15) is 0 Å². The smallest absolute Gasteiger partial charge is 0.410 e. The topological polar surface area (TPSA) is 49.9 Å². The summed E-state index contributed by atoms with van der Waals surface area (Å²) in [6, 6.07) is 31.9. The van der Waals surface area contributed by atoms with Crippen molar-refractivity contribution in [3.8, 4) is 0 Å². The highest BCUT2D eigenvalue weighted by Crippen LogP contribution is 2.62. The van der Waals surface area contributed by atoms with Gasteiger partial charge < -0.3 is 31.5 Å². The average molecular weight is 596 g/mol. The van der Waals surface area contributed by atoms with Gasteiger partial charge in [0.05, 0.1) is 6.04 Å². The standard InChI is InChI=1S/C31H36N2O3P.BrH/c1-31(2,3)36-30(35)32-21-19-24(23-32)33-22-20-28(29(33)34)37(25-13-7-4-8-14-25,26-15-9-5-10-16-26)27-17-11-6-12-18-27;/h4-18,24,28H,19-23H2,1-3H3;1H/q+1;/p-1. The van der Waals surface area contributed by atoms with Gasteiger partial charge in [-0.1, -0.05) is 54.6 Å². The lowest BCUT2D eigenvalue weighted by atomic mass is 10.2. The SMILES string of the molecule is CC(C)(C)OC(=O)N1CCC(N2CCC([P+](c3ccccc3)(c3ccccc3)c3ccccc3)C2=O)C1.[Br-]. The van der Waals surface area contributed by atoms with Crippen LogP contribution in [0.2, 0.25) is 0 Å². The van der Waals surface area contributed by atoms with Crippen molar-refractivity contribution in [2.24, 2.45) is 0 Å². The molecule has 2 unspecified atom stereocenters. The van der Waals surface area contributed by atoms with Crippen LogP contribution < -0.4 is 32.9 Å². The molecule has 0 aliphatic carbocycles. The average Bonchev–Trinajstić information content (AvgIpc) is 3.53. The molecule has 0 saturated carbocycles. The van der Waals surface area contributed by atoms with Crippen LogP contribution in [-0.4, -0.2) is 58.7 Å². The van der Waals surface area contributed by atoms with Crippen molar-refractivity contribution in [2.75, 3.05) is 19.6 Å². The molecule has 5 rings (SSSR count). The van der Waals surface area contributed by atoms with Crippen LogP contribution in [0.1, 0.15) is 33.6 Å². The molecule has 2 fully saturated rings. The van der Waals surface area contributed by atoms with Gasteiger partial charge in [-0.15, -0.1) is 0 Å². The first-order chi connectivity index (χ1) is 17.8. The first kappa shape index (κ1) is 28.3. The van der Waals surface area contributed by atoms with Gasteiger partial charge in [-0.3, -0.25) is 4.79 Å². The lowest BCUT2D eigenvalue weighted by Crippen LogP contribution is -3.00. The quantitative estimate of drug-likeness (QED) is 0.422. The monoisotopic (exact) mass is 594 g/mol. The number of hydrogen-bond acceptors (Lipinski definition) is 3. The molecule has 2 saturated heterocycles. The number of halogens is 1. The van der Waals surface area contributed by atoms with Crippen molar-refractivity contribution in [1.82, 2.24) is 9.80 Å². The van der Waals surface area contributed by atoms with E-state index in [-0.39, 0.29) is 40.7 Å². The highest BCUT2D eigenvalue weighted by molar-refractivity contribution is 7.96. The van der Waals surface area contributed by atoms with Gasteiger partial charge in [0.1, 0.15) is 28.8 Å². The highest BCUT2D eigenvalue weighted by atomic mass is 79.9. The molecule has 3 aromatic carbocycles. The molecule has 2 aliphatic heterocycles. The fourth-order valence-electron chi connectivity index (χ4n) is 5.87. The molecule has 2 heterocycles. The number of benzene rings is 3. The summed E-state index contributed by atoms with van der Waals surface area (Å²) in [4.78, 5) is 30.9. The number of ether oxygens (including phenoxy) is 1. The zero-order chi connectivity index (χ0) is 26.0. The first-order valence-electron chi connectivity index (χ1n) is 13.1. The van der Waals surface area contributed by atoms with Crippen molar-refractivity contribution >= 4 is 35.2 Å². The Morgan fingerprint density at radius 3 is 1.71 bits per heavy atom. The maximum atomic E-state index is 14.4. The van der Waals surface area contributed by atoms with E-state index in [9.17, 15) is 9.59 Å². The molecule has 0 spiro atoms.